The van der Waals surface area contributed by atoms with Crippen molar-refractivity contribution in [3.8, 4) is 11.3 Å². The molecule has 0 aliphatic carbocycles. The Balaban J connectivity index is 2.20. The second-order valence-electron chi connectivity index (χ2n) is 4.27. The maximum absolute atomic E-state index is 10.7. The van der Waals surface area contributed by atoms with Crippen molar-refractivity contribution in [1.82, 2.24) is 19.6 Å². The molecule has 0 saturated carbocycles. The van der Waals surface area contributed by atoms with E-state index in [0.717, 1.165) is 17.0 Å². The molecule has 0 amide bonds. The summed E-state index contributed by atoms with van der Waals surface area (Å²) in [7, 11) is 0. The number of nitrogens with zero attached hydrogens (tertiary/aromatic N) is 5. The van der Waals surface area contributed by atoms with Gasteiger partial charge in [-0.2, -0.15) is 9.50 Å². The lowest BCUT2D eigenvalue weighted by molar-refractivity contribution is -0.384. The Kier molecular flexibility index (Phi) is 2.56. The molecule has 0 radical (unpaired) electrons. The molecule has 2 aromatic heterocycles. The number of anilines is 1. The van der Waals surface area contributed by atoms with Crippen LogP contribution in [-0.4, -0.2) is 24.5 Å². The van der Waals surface area contributed by atoms with Gasteiger partial charge in [0.1, 0.15) is 0 Å². The summed E-state index contributed by atoms with van der Waals surface area (Å²) in [4.78, 5) is 18.5. The zero-order valence-electron chi connectivity index (χ0n) is 10.5. The van der Waals surface area contributed by atoms with E-state index < -0.39 is 4.92 Å². The number of aryl methyl sites for hydroxylation is 1. The fourth-order valence-electron chi connectivity index (χ4n) is 1.96. The highest BCUT2D eigenvalue weighted by molar-refractivity contribution is 5.64. The number of nitro groups is 1. The Labute approximate surface area is 113 Å². The van der Waals surface area contributed by atoms with Gasteiger partial charge in [0.05, 0.1) is 10.6 Å². The molecule has 1 aromatic carbocycles. The standard InChI is InChI=1S/C12H10N6O2/c1-7-6-10(17-12(14-7)15-11(13)16-17)8-2-4-9(5-3-8)18(19)20/h2-6H,1H3,(H2,13,16). The predicted octanol–water partition coefficient (Wildman–Crippen LogP) is 1.59. The van der Waals surface area contributed by atoms with E-state index >= 15 is 0 Å². The van der Waals surface area contributed by atoms with Crippen LogP contribution < -0.4 is 5.73 Å². The summed E-state index contributed by atoms with van der Waals surface area (Å²) in [6.07, 6.45) is 0. The Morgan fingerprint density at radius 1 is 1.25 bits per heavy atom. The summed E-state index contributed by atoms with van der Waals surface area (Å²) in [5, 5.41) is 14.7. The number of hydrogen-bond donors (Lipinski definition) is 1. The third-order valence-corrected chi connectivity index (χ3v) is 2.83. The van der Waals surface area contributed by atoms with E-state index in [1.807, 2.05) is 13.0 Å². The first-order chi connectivity index (χ1) is 9.54. The topological polar surface area (TPSA) is 112 Å². The molecular formula is C12H10N6O2. The van der Waals surface area contributed by atoms with Gasteiger partial charge < -0.3 is 5.73 Å². The molecule has 100 valence electrons. The first-order valence-corrected chi connectivity index (χ1v) is 5.79. The minimum Gasteiger partial charge on any atom is -0.366 e. The van der Waals surface area contributed by atoms with Crippen molar-refractivity contribution in [2.24, 2.45) is 0 Å². The minimum absolute atomic E-state index is 0.0360. The van der Waals surface area contributed by atoms with Crippen molar-refractivity contribution in [3.63, 3.8) is 0 Å². The van der Waals surface area contributed by atoms with Gasteiger partial charge >= 0.3 is 0 Å². The lowest BCUT2D eigenvalue weighted by atomic mass is 10.1. The van der Waals surface area contributed by atoms with Gasteiger partial charge in [0.25, 0.3) is 11.5 Å². The van der Waals surface area contributed by atoms with Crippen LogP contribution in [0.15, 0.2) is 30.3 Å². The summed E-state index contributed by atoms with van der Waals surface area (Å²) in [5.41, 5.74) is 7.88. The quantitative estimate of drug-likeness (QED) is 0.559. The SMILES string of the molecule is Cc1cc(-c2ccc([N+](=O)[O-])cc2)n2nc(N)nc2n1. The van der Waals surface area contributed by atoms with Crippen molar-refractivity contribution in [1.29, 1.82) is 0 Å². The number of fused-ring (bicyclic) bond motifs is 1. The maximum atomic E-state index is 10.7. The van der Waals surface area contributed by atoms with Crippen LogP contribution in [0.1, 0.15) is 5.69 Å². The Hall–Kier alpha value is -3.03. The number of rotatable bonds is 2. The number of nitrogen functional groups attached to an aromatic ring is 1. The number of benzene rings is 1. The Bertz CT molecular complexity index is 809. The Morgan fingerprint density at radius 3 is 2.60 bits per heavy atom. The van der Waals surface area contributed by atoms with E-state index in [4.69, 9.17) is 5.73 Å². The lowest BCUT2D eigenvalue weighted by Gasteiger charge is -2.05. The highest BCUT2D eigenvalue weighted by atomic mass is 16.6. The molecule has 0 fully saturated rings. The predicted molar refractivity (Wildman–Crippen MR) is 72.0 cm³/mol. The number of nitro benzene ring substituents is 1. The minimum atomic E-state index is -0.440. The summed E-state index contributed by atoms with van der Waals surface area (Å²) < 4.78 is 1.52. The van der Waals surface area contributed by atoms with Crippen LogP contribution in [0.5, 0.6) is 0 Å². The van der Waals surface area contributed by atoms with E-state index in [1.165, 1.54) is 16.6 Å². The van der Waals surface area contributed by atoms with Gasteiger partial charge in [-0.15, -0.1) is 5.10 Å². The van der Waals surface area contributed by atoms with Crippen LogP contribution in [0.2, 0.25) is 0 Å². The van der Waals surface area contributed by atoms with Crippen molar-refractivity contribution in [3.05, 3.63) is 46.1 Å². The van der Waals surface area contributed by atoms with Gasteiger partial charge in [0, 0.05) is 23.4 Å². The number of hydrogen-bond acceptors (Lipinski definition) is 6. The fourth-order valence-corrected chi connectivity index (χ4v) is 1.96. The number of non-ortho nitro benzene ring substituents is 1. The molecule has 0 saturated heterocycles. The van der Waals surface area contributed by atoms with E-state index in [0.29, 0.717) is 5.78 Å². The van der Waals surface area contributed by atoms with E-state index in [-0.39, 0.29) is 11.6 Å². The third kappa shape index (κ3) is 1.92. The molecular weight excluding hydrogens is 260 g/mol. The molecule has 0 spiro atoms. The molecule has 8 nitrogen and oxygen atoms in total. The van der Waals surface area contributed by atoms with Gasteiger partial charge in [0.2, 0.25) is 5.95 Å². The molecule has 2 heterocycles. The maximum Gasteiger partial charge on any atom is 0.269 e. The molecule has 0 aliphatic heterocycles. The van der Waals surface area contributed by atoms with Crippen LogP contribution in [0.4, 0.5) is 11.6 Å². The second kappa shape index (κ2) is 4.26. The zero-order valence-corrected chi connectivity index (χ0v) is 10.5. The molecule has 3 rings (SSSR count). The molecule has 20 heavy (non-hydrogen) atoms. The normalized spacial score (nSPS) is 10.8. The highest BCUT2D eigenvalue weighted by Crippen LogP contribution is 2.23. The molecule has 8 heteroatoms. The molecule has 0 aliphatic rings. The third-order valence-electron chi connectivity index (χ3n) is 2.83. The molecule has 2 N–H and O–H groups in total. The van der Waals surface area contributed by atoms with Crippen molar-refractivity contribution in [2.75, 3.05) is 5.73 Å². The first kappa shape index (κ1) is 12.0. The Morgan fingerprint density at radius 2 is 1.95 bits per heavy atom. The summed E-state index contributed by atoms with van der Waals surface area (Å²) >= 11 is 0. The van der Waals surface area contributed by atoms with Crippen molar-refractivity contribution in [2.45, 2.75) is 6.92 Å². The van der Waals surface area contributed by atoms with E-state index in [1.54, 1.807) is 12.1 Å². The van der Waals surface area contributed by atoms with Crippen molar-refractivity contribution < 1.29 is 4.92 Å². The van der Waals surface area contributed by atoms with Gasteiger partial charge in [-0.1, -0.05) is 0 Å². The number of aromatic nitrogens is 4. The van der Waals surface area contributed by atoms with Gasteiger partial charge in [0.15, 0.2) is 0 Å². The lowest BCUT2D eigenvalue weighted by Crippen LogP contribution is -1.99. The fraction of sp³-hybridized carbons (Fsp3) is 0.0833. The molecule has 3 aromatic rings. The van der Waals surface area contributed by atoms with Crippen LogP contribution in [0.3, 0.4) is 0 Å². The van der Waals surface area contributed by atoms with Gasteiger partial charge in [-0.3, -0.25) is 10.1 Å². The van der Waals surface area contributed by atoms with Gasteiger partial charge in [-0.25, -0.2) is 4.98 Å². The van der Waals surface area contributed by atoms with Crippen LogP contribution >= 0.6 is 0 Å². The smallest absolute Gasteiger partial charge is 0.269 e. The second-order valence-corrected chi connectivity index (χ2v) is 4.27. The van der Waals surface area contributed by atoms with Crippen LogP contribution in [0, 0.1) is 17.0 Å². The monoisotopic (exact) mass is 270 g/mol. The molecule has 0 bridgehead atoms. The molecule has 0 unspecified atom stereocenters. The van der Waals surface area contributed by atoms with E-state index in [2.05, 4.69) is 15.1 Å². The molecule has 0 atom stereocenters. The highest BCUT2D eigenvalue weighted by Gasteiger charge is 2.11. The van der Waals surface area contributed by atoms with Gasteiger partial charge in [-0.05, 0) is 25.1 Å². The van der Waals surface area contributed by atoms with Crippen LogP contribution in [-0.2, 0) is 0 Å². The van der Waals surface area contributed by atoms with E-state index in [9.17, 15) is 10.1 Å². The average molecular weight is 270 g/mol. The summed E-state index contributed by atoms with van der Waals surface area (Å²) in [6, 6.07) is 8.02. The number of nitrogens with two attached hydrogens (primary N) is 1. The summed E-state index contributed by atoms with van der Waals surface area (Å²) in [6.45, 7) is 1.83. The largest absolute Gasteiger partial charge is 0.366 e. The van der Waals surface area contributed by atoms with Crippen LogP contribution in [0.25, 0.3) is 17.0 Å². The summed E-state index contributed by atoms with van der Waals surface area (Å²) in [5.74, 6) is 0.530. The zero-order chi connectivity index (χ0) is 14.3. The average Bonchev–Trinajstić information content (AvgIpc) is 2.78. The van der Waals surface area contributed by atoms with Crippen molar-refractivity contribution >= 4 is 17.4 Å². The first-order valence-electron chi connectivity index (χ1n) is 5.79.